The minimum absolute atomic E-state index is 0. The van der Waals surface area contributed by atoms with Crippen molar-refractivity contribution in [3.8, 4) is 11.5 Å². The van der Waals surface area contributed by atoms with Crippen LogP contribution in [0.5, 0.6) is 11.5 Å². The first-order valence-corrected chi connectivity index (χ1v) is 9.73. The number of hydrogen-bond donors (Lipinski definition) is 2. The number of rotatable bonds is 6. The third-order valence-electron chi connectivity index (χ3n) is 3.99. The number of para-hydroxylation sites is 2. The maximum Gasteiger partial charge on any atom is 0.125 e. The van der Waals surface area contributed by atoms with E-state index in [0.29, 0.717) is 24.2 Å². The van der Waals surface area contributed by atoms with Crippen LogP contribution in [0.1, 0.15) is 22.6 Å². The number of aliphatic imine (C=N–C) groups is 2. The molecule has 10 heteroatoms. The Morgan fingerprint density at radius 1 is 0.676 bits per heavy atom. The zero-order valence-corrected chi connectivity index (χ0v) is 19.2. The van der Waals surface area contributed by atoms with E-state index in [4.69, 9.17) is 19.9 Å². The number of nitrogens with zero attached hydrogens (tertiary/aromatic N) is 5. The predicted octanol–water partition coefficient (Wildman–Crippen LogP) is 6.07. The van der Waals surface area contributed by atoms with Crippen LogP contribution in [-0.4, -0.2) is 22.6 Å². The van der Waals surface area contributed by atoms with Crippen molar-refractivity contribution < 1.29 is 36.1 Å². The van der Waals surface area contributed by atoms with Gasteiger partial charge >= 0.3 is 0 Å². The maximum atomic E-state index is 9.45. The third-order valence-corrected chi connectivity index (χ3v) is 3.99. The van der Waals surface area contributed by atoms with Crippen LogP contribution in [0.25, 0.3) is 16.0 Å². The number of hydrogen-bond acceptors (Lipinski definition) is 6. The van der Waals surface area contributed by atoms with Crippen molar-refractivity contribution in [2.24, 2.45) is 9.98 Å². The van der Waals surface area contributed by atoms with Crippen LogP contribution < -0.4 is 0 Å². The van der Waals surface area contributed by atoms with Crippen LogP contribution in [0, 0.1) is 0 Å². The molecule has 0 bridgehead atoms. The topological polar surface area (TPSA) is 150 Å². The van der Waals surface area contributed by atoms with Gasteiger partial charge in [0, 0.05) is 40.6 Å². The molecular formula is C24H22MnN5O4-. The van der Waals surface area contributed by atoms with Gasteiger partial charge in [-0.3, -0.25) is 14.9 Å². The smallest absolute Gasteiger partial charge is 0.125 e. The van der Waals surface area contributed by atoms with Crippen molar-refractivity contribution in [3.63, 3.8) is 0 Å². The molecule has 0 unspecified atom stereocenters. The summed E-state index contributed by atoms with van der Waals surface area (Å²) < 4.78 is 10.3. The number of phenolic OH excluding ortho intramolecular Hbond substituents is 2. The Morgan fingerprint density at radius 3 is 1.38 bits per heavy atom. The van der Waals surface area contributed by atoms with Crippen molar-refractivity contribution >= 4 is 12.4 Å². The second-order valence-corrected chi connectivity index (χ2v) is 6.31. The summed E-state index contributed by atoms with van der Waals surface area (Å²) in [7, 11) is 0. The average Bonchev–Trinajstić information content (AvgIpc) is 3.52. The second kappa shape index (κ2) is 16.4. The summed E-state index contributed by atoms with van der Waals surface area (Å²) in [6.45, 7) is 0.975. The van der Waals surface area contributed by atoms with Gasteiger partial charge in [-0.05, 0) is 48.5 Å². The molecule has 0 spiro atoms. The van der Waals surface area contributed by atoms with Gasteiger partial charge in [0.05, 0.1) is 25.6 Å². The quantitative estimate of drug-likeness (QED) is 0.109. The fourth-order valence-corrected chi connectivity index (χ4v) is 2.47. The molecule has 0 atom stereocenters. The Hall–Kier alpha value is -4.23. The first-order valence-electron chi connectivity index (χ1n) is 9.73. The first-order chi connectivity index (χ1) is 16.1. The minimum atomic E-state index is 0. The van der Waals surface area contributed by atoms with Gasteiger partial charge in [0.25, 0.3) is 0 Å². The van der Waals surface area contributed by atoms with E-state index in [1.807, 2.05) is 36.4 Å². The Bertz CT molecular complexity index is 1080. The molecule has 2 heterocycles. The average molecular weight is 499 g/mol. The van der Waals surface area contributed by atoms with Gasteiger partial charge in [0.1, 0.15) is 23.0 Å². The molecule has 2 aromatic heterocycles. The monoisotopic (exact) mass is 499 g/mol. The van der Waals surface area contributed by atoms with E-state index >= 15 is 0 Å². The molecule has 2 N–H and O–H groups in total. The van der Waals surface area contributed by atoms with Crippen LogP contribution in [0.3, 0.4) is 0 Å². The maximum absolute atomic E-state index is 9.45. The number of phenols is 2. The van der Waals surface area contributed by atoms with Gasteiger partial charge in [-0.15, -0.1) is 0 Å². The van der Waals surface area contributed by atoms with Crippen molar-refractivity contribution in [1.29, 1.82) is 0 Å². The fraction of sp³-hybridized carbons (Fsp3) is 0.0833. The molecule has 34 heavy (non-hydrogen) atoms. The molecule has 4 aromatic rings. The number of furan rings is 2. The van der Waals surface area contributed by atoms with E-state index in [9.17, 15) is 10.2 Å². The van der Waals surface area contributed by atoms with E-state index in [-0.39, 0.29) is 28.6 Å². The largest absolute Gasteiger partial charge is 0.507 e. The van der Waals surface area contributed by atoms with Crippen molar-refractivity contribution in [2.75, 3.05) is 0 Å². The van der Waals surface area contributed by atoms with Crippen molar-refractivity contribution in [3.05, 3.63) is 124 Å². The van der Waals surface area contributed by atoms with Gasteiger partial charge in [-0.2, -0.15) is 0 Å². The molecule has 2 aromatic carbocycles. The Kier molecular flexibility index (Phi) is 13.4. The molecular weight excluding hydrogens is 477 g/mol. The molecule has 9 nitrogen and oxygen atoms in total. The molecule has 0 saturated heterocycles. The first kappa shape index (κ1) is 27.8. The summed E-state index contributed by atoms with van der Waals surface area (Å²) >= 11 is 0. The summed E-state index contributed by atoms with van der Waals surface area (Å²) in [5.41, 5.74) is 14.9. The summed E-state index contributed by atoms with van der Waals surface area (Å²) in [6.07, 6.45) is 6.51. The van der Waals surface area contributed by atoms with Gasteiger partial charge < -0.3 is 30.1 Å². The number of aromatic hydroxyl groups is 2. The van der Waals surface area contributed by atoms with Crippen LogP contribution in [-0.2, 0) is 30.2 Å². The molecule has 0 saturated carbocycles. The summed E-state index contributed by atoms with van der Waals surface area (Å²) in [6, 6.07) is 21.5. The van der Waals surface area contributed by atoms with Crippen LogP contribution in [0.15, 0.2) is 104 Å². The van der Waals surface area contributed by atoms with Crippen LogP contribution in [0.2, 0.25) is 0 Å². The zero-order chi connectivity index (χ0) is 23.7. The van der Waals surface area contributed by atoms with Crippen molar-refractivity contribution in [1.82, 2.24) is 0 Å². The summed E-state index contributed by atoms with van der Waals surface area (Å²) in [4.78, 5) is 9.83. The third kappa shape index (κ3) is 10.4. The van der Waals surface area contributed by atoms with Gasteiger partial charge in [-0.1, -0.05) is 24.3 Å². The SMILES string of the molecule is Oc1ccccc1C=NCc1ccco1.Oc1ccccc1C=NCc1ccco1.[Mn].[N-]=[N+]=[N-]. The fourth-order valence-electron chi connectivity index (χ4n) is 2.47. The van der Waals surface area contributed by atoms with E-state index in [2.05, 4.69) is 9.98 Å². The molecule has 4 rings (SSSR count). The Labute approximate surface area is 207 Å². The molecule has 0 fully saturated rings. The predicted molar refractivity (Wildman–Crippen MR) is 126 cm³/mol. The van der Waals surface area contributed by atoms with E-state index in [1.54, 1.807) is 61.4 Å². The van der Waals surface area contributed by atoms with Crippen LogP contribution >= 0.6 is 0 Å². The Balaban J connectivity index is 0.000000297. The molecule has 0 aliphatic carbocycles. The molecule has 0 amide bonds. The molecule has 175 valence electrons. The minimum Gasteiger partial charge on any atom is -0.507 e. The number of benzene rings is 2. The normalized spacial score (nSPS) is 9.88. The molecule has 0 aliphatic rings. The van der Waals surface area contributed by atoms with E-state index in [0.717, 1.165) is 11.5 Å². The standard InChI is InChI=1S/2C12H11NO2.Mn.N3/c2*14-12-6-2-1-4-10(12)8-13-9-11-5-3-7-15-11;;1-3-2/h2*1-8,14H,9H2;;/q;;;-1. The van der Waals surface area contributed by atoms with Crippen molar-refractivity contribution in [2.45, 2.75) is 13.1 Å². The summed E-state index contributed by atoms with van der Waals surface area (Å²) in [5.74, 6) is 2.09. The van der Waals surface area contributed by atoms with E-state index < -0.39 is 0 Å². The summed E-state index contributed by atoms with van der Waals surface area (Å²) in [5, 5.41) is 18.9. The zero-order valence-electron chi connectivity index (χ0n) is 18.0. The molecule has 1 radical (unpaired) electrons. The second-order valence-electron chi connectivity index (χ2n) is 6.31. The van der Waals surface area contributed by atoms with Gasteiger partial charge in [-0.25, -0.2) is 0 Å². The Morgan fingerprint density at radius 2 is 1.06 bits per heavy atom. The van der Waals surface area contributed by atoms with E-state index in [1.165, 1.54) is 4.91 Å². The molecule has 0 aliphatic heterocycles. The van der Waals surface area contributed by atoms with Gasteiger partial charge in [0.15, 0.2) is 0 Å². The van der Waals surface area contributed by atoms with Gasteiger partial charge in [0.2, 0.25) is 0 Å². The van der Waals surface area contributed by atoms with Crippen LogP contribution in [0.4, 0.5) is 0 Å².